The maximum absolute atomic E-state index is 11.6. The number of carbonyl (C=O) groups excluding carboxylic acids is 1. The van der Waals surface area contributed by atoms with Crippen molar-refractivity contribution in [3.63, 3.8) is 0 Å². The number of hydrogen-bond donors (Lipinski definition) is 0. The van der Waals surface area contributed by atoms with Gasteiger partial charge in [-0.1, -0.05) is 24.3 Å². The van der Waals surface area contributed by atoms with Crippen LogP contribution in [0.25, 0.3) is 5.69 Å². The lowest BCUT2D eigenvalue weighted by Gasteiger charge is -2.44. The lowest BCUT2D eigenvalue weighted by molar-refractivity contribution is 0.0290. The van der Waals surface area contributed by atoms with E-state index in [1.54, 1.807) is 12.7 Å². The SMILES string of the molecule is COC(=O)c1ccc(CN2[C@H](C)CN(Cc3ccc(-n4cnnc4)cc3)C[C@@H]2C)cc1. The van der Waals surface area contributed by atoms with E-state index in [1.807, 2.05) is 28.8 Å². The second-order valence-corrected chi connectivity index (χ2v) is 8.29. The van der Waals surface area contributed by atoms with E-state index < -0.39 is 0 Å². The summed E-state index contributed by atoms with van der Waals surface area (Å²) in [6, 6.07) is 17.2. The molecule has 0 saturated carbocycles. The summed E-state index contributed by atoms with van der Waals surface area (Å²) in [4.78, 5) is 16.7. The lowest BCUT2D eigenvalue weighted by atomic mass is 10.0. The molecule has 1 fully saturated rings. The molecule has 0 bridgehead atoms. The standard InChI is InChI=1S/C24H29N5O2/c1-18-12-27(14-20-6-10-23(11-7-20)28-16-25-26-17-28)13-19(2)29(18)15-21-4-8-22(9-5-21)24(30)31-3/h4-11,16-19H,12-15H2,1-3H3/t18-,19+. The van der Waals surface area contributed by atoms with Crippen molar-refractivity contribution in [2.24, 2.45) is 0 Å². The van der Waals surface area contributed by atoms with Gasteiger partial charge in [0.1, 0.15) is 12.7 Å². The highest BCUT2D eigenvalue weighted by molar-refractivity contribution is 5.89. The van der Waals surface area contributed by atoms with Gasteiger partial charge >= 0.3 is 5.97 Å². The molecule has 162 valence electrons. The molecule has 0 aliphatic carbocycles. The maximum Gasteiger partial charge on any atom is 0.337 e. The smallest absolute Gasteiger partial charge is 0.337 e. The van der Waals surface area contributed by atoms with Crippen molar-refractivity contribution >= 4 is 5.97 Å². The van der Waals surface area contributed by atoms with E-state index in [-0.39, 0.29) is 5.97 Å². The Bertz CT molecular complexity index is 974. The van der Waals surface area contributed by atoms with Gasteiger partial charge in [0.2, 0.25) is 0 Å². The molecule has 1 aliphatic rings. The number of aromatic nitrogens is 3. The van der Waals surface area contributed by atoms with Crippen molar-refractivity contribution in [1.29, 1.82) is 0 Å². The summed E-state index contributed by atoms with van der Waals surface area (Å²) in [7, 11) is 1.41. The molecule has 1 aliphatic heterocycles. The topological polar surface area (TPSA) is 63.5 Å². The molecule has 4 rings (SSSR count). The Morgan fingerprint density at radius 3 is 2.03 bits per heavy atom. The third-order valence-electron chi connectivity index (χ3n) is 5.98. The molecular formula is C24H29N5O2. The third kappa shape index (κ3) is 5.00. The van der Waals surface area contributed by atoms with Gasteiger partial charge in [-0.2, -0.15) is 0 Å². The van der Waals surface area contributed by atoms with Crippen LogP contribution in [0.5, 0.6) is 0 Å². The zero-order valence-electron chi connectivity index (χ0n) is 18.3. The number of ether oxygens (including phenoxy) is 1. The van der Waals surface area contributed by atoms with Gasteiger partial charge in [-0.15, -0.1) is 10.2 Å². The first-order valence-electron chi connectivity index (χ1n) is 10.6. The van der Waals surface area contributed by atoms with Crippen molar-refractivity contribution in [3.05, 3.63) is 77.9 Å². The van der Waals surface area contributed by atoms with Crippen LogP contribution in [0.2, 0.25) is 0 Å². The van der Waals surface area contributed by atoms with E-state index in [9.17, 15) is 4.79 Å². The minimum atomic E-state index is -0.295. The van der Waals surface area contributed by atoms with Crippen molar-refractivity contribution in [2.45, 2.75) is 39.0 Å². The molecule has 0 spiro atoms. The predicted molar refractivity (Wildman–Crippen MR) is 119 cm³/mol. The summed E-state index contributed by atoms with van der Waals surface area (Å²) in [5.74, 6) is -0.295. The first-order valence-corrected chi connectivity index (χ1v) is 10.6. The van der Waals surface area contributed by atoms with Gasteiger partial charge in [-0.3, -0.25) is 14.4 Å². The Balaban J connectivity index is 1.35. The molecule has 1 aromatic heterocycles. The highest BCUT2D eigenvalue weighted by Gasteiger charge is 2.29. The molecule has 2 aromatic carbocycles. The number of hydrogen-bond acceptors (Lipinski definition) is 6. The van der Waals surface area contributed by atoms with E-state index in [2.05, 4.69) is 58.1 Å². The minimum absolute atomic E-state index is 0.295. The van der Waals surface area contributed by atoms with Crippen LogP contribution in [-0.2, 0) is 17.8 Å². The predicted octanol–water partition coefficient (Wildman–Crippen LogP) is 3.15. The molecule has 2 atom stereocenters. The van der Waals surface area contributed by atoms with Crippen molar-refractivity contribution in [1.82, 2.24) is 24.6 Å². The first kappa shape index (κ1) is 21.2. The van der Waals surface area contributed by atoms with Gasteiger partial charge in [0.25, 0.3) is 0 Å². The Morgan fingerprint density at radius 2 is 1.45 bits per heavy atom. The Hall–Kier alpha value is -3.03. The highest BCUT2D eigenvalue weighted by atomic mass is 16.5. The second-order valence-electron chi connectivity index (χ2n) is 8.29. The number of nitrogens with zero attached hydrogens (tertiary/aromatic N) is 5. The molecule has 31 heavy (non-hydrogen) atoms. The largest absolute Gasteiger partial charge is 0.465 e. The zero-order chi connectivity index (χ0) is 21.8. The molecule has 0 amide bonds. The molecule has 0 radical (unpaired) electrons. The summed E-state index contributed by atoms with van der Waals surface area (Å²) in [6.45, 7) is 8.46. The van der Waals surface area contributed by atoms with E-state index in [0.717, 1.165) is 31.9 Å². The molecule has 2 heterocycles. The van der Waals surface area contributed by atoms with Crippen LogP contribution < -0.4 is 0 Å². The molecule has 3 aromatic rings. The fraction of sp³-hybridized carbons (Fsp3) is 0.375. The molecular weight excluding hydrogens is 390 g/mol. The van der Waals surface area contributed by atoms with Crippen LogP contribution in [0.4, 0.5) is 0 Å². The second kappa shape index (κ2) is 9.41. The zero-order valence-corrected chi connectivity index (χ0v) is 18.3. The van der Waals surface area contributed by atoms with E-state index in [0.29, 0.717) is 17.6 Å². The average Bonchev–Trinajstić information content (AvgIpc) is 3.32. The van der Waals surface area contributed by atoms with Crippen LogP contribution in [0, 0.1) is 0 Å². The van der Waals surface area contributed by atoms with Gasteiger partial charge in [-0.05, 0) is 49.2 Å². The van der Waals surface area contributed by atoms with E-state index in [4.69, 9.17) is 4.74 Å². The van der Waals surface area contributed by atoms with Gasteiger partial charge in [0, 0.05) is 44.0 Å². The minimum Gasteiger partial charge on any atom is -0.465 e. The van der Waals surface area contributed by atoms with E-state index in [1.165, 1.54) is 18.2 Å². The van der Waals surface area contributed by atoms with E-state index >= 15 is 0 Å². The average molecular weight is 420 g/mol. The van der Waals surface area contributed by atoms with Crippen molar-refractivity contribution in [3.8, 4) is 5.69 Å². The highest BCUT2D eigenvalue weighted by Crippen LogP contribution is 2.21. The van der Waals surface area contributed by atoms with Crippen LogP contribution in [0.15, 0.2) is 61.2 Å². The van der Waals surface area contributed by atoms with Crippen LogP contribution in [-0.4, -0.2) is 62.8 Å². The van der Waals surface area contributed by atoms with Crippen molar-refractivity contribution in [2.75, 3.05) is 20.2 Å². The lowest BCUT2D eigenvalue weighted by Crippen LogP contribution is -2.55. The first-order chi connectivity index (χ1) is 15.0. The number of benzene rings is 2. The Labute approximate surface area is 183 Å². The third-order valence-corrected chi connectivity index (χ3v) is 5.98. The maximum atomic E-state index is 11.6. The summed E-state index contributed by atoms with van der Waals surface area (Å²) in [6.07, 6.45) is 3.42. The number of esters is 1. The molecule has 1 saturated heterocycles. The van der Waals surface area contributed by atoms with Crippen molar-refractivity contribution < 1.29 is 9.53 Å². The summed E-state index contributed by atoms with van der Waals surface area (Å²) in [5.41, 5.74) is 4.18. The van der Waals surface area contributed by atoms with Gasteiger partial charge in [-0.25, -0.2) is 4.79 Å². The molecule has 7 heteroatoms. The monoisotopic (exact) mass is 419 g/mol. The molecule has 0 N–H and O–H groups in total. The summed E-state index contributed by atoms with van der Waals surface area (Å²) < 4.78 is 6.69. The molecule has 0 unspecified atom stereocenters. The number of piperazine rings is 1. The quantitative estimate of drug-likeness (QED) is 0.572. The summed E-state index contributed by atoms with van der Waals surface area (Å²) in [5, 5.41) is 7.73. The number of carbonyl (C=O) groups is 1. The van der Waals surface area contributed by atoms with Crippen LogP contribution in [0.3, 0.4) is 0 Å². The van der Waals surface area contributed by atoms with Gasteiger partial charge in [0.15, 0.2) is 0 Å². The molecule has 7 nitrogen and oxygen atoms in total. The van der Waals surface area contributed by atoms with Gasteiger partial charge in [0.05, 0.1) is 12.7 Å². The van der Waals surface area contributed by atoms with Crippen LogP contribution >= 0.6 is 0 Å². The Morgan fingerprint density at radius 1 is 0.903 bits per heavy atom. The fourth-order valence-electron chi connectivity index (χ4n) is 4.35. The Kier molecular flexibility index (Phi) is 6.44. The normalized spacial score (nSPS) is 20.0. The fourth-order valence-corrected chi connectivity index (χ4v) is 4.35. The summed E-state index contributed by atoms with van der Waals surface area (Å²) >= 11 is 0. The van der Waals surface area contributed by atoms with Gasteiger partial charge < -0.3 is 4.74 Å². The van der Waals surface area contributed by atoms with Crippen LogP contribution in [0.1, 0.15) is 35.3 Å². The number of rotatable bonds is 6. The number of methoxy groups -OCH3 is 1.